The van der Waals surface area contributed by atoms with Crippen molar-refractivity contribution in [1.29, 1.82) is 0 Å². The van der Waals surface area contributed by atoms with Gasteiger partial charge in [0.15, 0.2) is 0 Å². The number of anilines is 1. The van der Waals surface area contributed by atoms with Crippen LogP contribution >= 0.6 is 0 Å². The summed E-state index contributed by atoms with van der Waals surface area (Å²) < 4.78 is 81.8. The lowest BCUT2D eigenvalue weighted by Crippen LogP contribution is -2.28. The van der Waals surface area contributed by atoms with Gasteiger partial charge in [-0.2, -0.15) is 13.2 Å². The number of alkyl halides is 3. The number of pyridine rings is 1. The molecule has 7 nitrogen and oxygen atoms in total. The van der Waals surface area contributed by atoms with Gasteiger partial charge in [0.2, 0.25) is 22.7 Å². The number of halogens is 4. The van der Waals surface area contributed by atoms with Gasteiger partial charge in [0.1, 0.15) is 11.5 Å². The van der Waals surface area contributed by atoms with E-state index in [0.717, 1.165) is 29.3 Å². The Bertz CT molecular complexity index is 1070. The van der Waals surface area contributed by atoms with Crippen LogP contribution in [-0.2, 0) is 28.4 Å². The van der Waals surface area contributed by atoms with E-state index in [1.54, 1.807) is 0 Å². The maximum atomic E-state index is 14.3. The third-order valence-corrected chi connectivity index (χ3v) is 5.83. The van der Waals surface area contributed by atoms with Crippen LogP contribution in [0.5, 0.6) is 5.88 Å². The molecule has 1 unspecified atom stereocenters. The van der Waals surface area contributed by atoms with Crippen LogP contribution in [0.2, 0.25) is 0 Å². The van der Waals surface area contributed by atoms with Crippen molar-refractivity contribution in [2.75, 3.05) is 18.0 Å². The van der Waals surface area contributed by atoms with Crippen LogP contribution in [0.15, 0.2) is 30.3 Å². The zero-order valence-corrected chi connectivity index (χ0v) is 19.9. The van der Waals surface area contributed by atoms with E-state index in [1.807, 2.05) is 6.92 Å². The van der Waals surface area contributed by atoms with Gasteiger partial charge in [-0.15, -0.1) is 0 Å². The normalized spacial score (nSPS) is 12.5. The van der Waals surface area contributed by atoms with Gasteiger partial charge in [0.05, 0.1) is 18.2 Å². The van der Waals surface area contributed by atoms with Gasteiger partial charge in [-0.05, 0) is 43.2 Å². The Morgan fingerprint density at radius 1 is 1.21 bits per heavy atom. The molecule has 1 atom stereocenters. The maximum absolute atomic E-state index is 14.3. The van der Waals surface area contributed by atoms with Crippen LogP contribution in [0.25, 0.3) is 0 Å². The van der Waals surface area contributed by atoms with Crippen LogP contribution in [0.1, 0.15) is 55.8 Å². The zero-order valence-electron chi connectivity index (χ0n) is 19.0. The Labute approximate surface area is 197 Å². The van der Waals surface area contributed by atoms with E-state index in [1.165, 1.54) is 32.2 Å². The molecule has 2 rings (SSSR count). The lowest BCUT2D eigenvalue weighted by molar-refractivity contribution is -0.141. The standard InChI is InChI=1S/C22H27F4N3O4S/c1-4-5-6-11-33-21-16(8-10-19(28-21)22(24,25)26)13-27-20(30)14(2)15-7-9-18(17(23)12-15)29(3)34(31)32/h7-10,12,14,34H,4-6,11,13H2,1-3H3,(H,27,30). The van der Waals surface area contributed by atoms with Crippen LogP contribution < -0.4 is 14.4 Å². The van der Waals surface area contributed by atoms with E-state index in [9.17, 15) is 30.8 Å². The van der Waals surface area contributed by atoms with Gasteiger partial charge in [-0.1, -0.05) is 25.8 Å². The van der Waals surface area contributed by atoms with E-state index in [0.29, 0.717) is 12.0 Å². The first-order chi connectivity index (χ1) is 16.0. The van der Waals surface area contributed by atoms with Crippen molar-refractivity contribution in [3.8, 4) is 5.88 Å². The molecular formula is C22H27F4N3O4S. The summed E-state index contributed by atoms with van der Waals surface area (Å²) in [5.41, 5.74) is -0.683. The van der Waals surface area contributed by atoms with E-state index in [4.69, 9.17) is 4.74 Å². The third-order valence-electron chi connectivity index (χ3n) is 5.13. The second-order valence-corrected chi connectivity index (χ2v) is 8.70. The Hall–Kier alpha value is -2.89. The third kappa shape index (κ3) is 7.31. The number of aromatic nitrogens is 1. The van der Waals surface area contributed by atoms with E-state index in [-0.39, 0.29) is 30.3 Å². The van der Waals surface area contributed by atoms with E-state index < -0.39 is 40.4 Å². The van der Waals surface area contributed by atoms with Crippen molar-refractivity contribution in [3.05, 3.63) is 53.0 Å². The van der Waals surface area contributed by atoms with Crippen LogP contribution in [-0.4, -0.2) is 33.0 Å². The van der Waals surface area contributed by atoms with E-state index >= 15 is 0 Å². The summed E-state index contributed by atoms with van der Waals surface area (Å²) in [5.74, 6) is -2.34. The second kappa shape index (κ2) is 12.0. The Kier molecular flexibility index (Phi) is 9.66. The smallest absolute Gasteiger partial charge is 0.433 e. The molecule has 0 aliphatic heterocycles. The lowest BCUT2D eigenvalue weighted by Gasteiger charge is -2.17. The summed E-state index contributed by atoms with van der Waals surface area (Å²) in [7, 11) is -1.82. The van der Waals surface area contributed by atoms with Crippen molar-refractivity contribution in [3.63, 3.8) is 0 Å². The number of thiol groups is 1. The van der Waals surface area contributed by atoms with Crippen molar-refractivity contribution >= 4 is 22.5 Å². The van der Waals surface area contributed by atoms with Gasteiger partial charge >= 0.3 is 6.18 Å². The largest absolute Gasteiger partial charge is 0.477 e. The fourth-order valence-electron chi connectivity index (χ4n) is 3.04. The molecule has 1 aromatic carbocycles. The van der Waals surface area contributed by atoms with Crippen LogP contribution in [0, 0.1) is 5.82 Å². The van der Waals surface area contributed by atoms with Gasteiger partial charge in [-0.3, -0.25) is 9.10 Å². The molecule has 1 heterocycles. The Balaban J connectivity index is 2.14. The van der Waals surface area contributed by atoms with Crippen LogP contribution in [0.3, 0.4) is 0 Å². The molecule has 1 amide bonds. The predicted octanol–water partition coefficient (Wildman–Crippen LogP) is 4.19. The highest BCUT2D eigenvalue weighted by atomic mass is 32.2. The van der Waals surface area contributed by atoms with Crippen molar-refractivity contribution < 1.29 is 35.5 Å². The first-order valence-electron chi connectivity index (χ1n) is 10.6. The summed E-state index contributed by atoms with van der Waals surface area (Å²) in [6, 6.07) is 5.76. The number of hydrogen-bond donors (Lipinski definition) is 2. The summed E-state index contributed by atoms with van der Waals surface area (Å²) in [5, 5.41) is 2.60. The molecule has 12 heteroatoms. The highest BCUT2D eigenvalue weighted by Gasteiger charge is 2.33. The SMILES string of the molecule is CCCCCOc1nc(C(F)(F)F)ccc1CNC(=O)C(C)c1ccc(N(C)[SH](=O)=O)c(F)c1. The predicted molar refractivity (Wildman–Crippen MR) is 120 cm³/mol. The van der Waals surface area contributed by atoms with Crippen molar-refractivity contribution in [1.82, 2.24) is 10.3 Å². The van der Waals surface area contributed by atoms with Gasteiger partial charge in [0.25, 0.3) is 0 Å². The molecule has 2 aromatic rings. The van der Waals surface area contributed by atoms with Crippen molar-refractivity contribution in [2.45, 2.75) is 51.7 Å². The first-order valence-corrected chi connectivity index (χ1v) is 11.7. The molecule has 1 aromatic heterocycles. The first kappa shape index (κ1) is 27.4. The zero-order chi connectivity index (χ0) is 25.5. The molecule has 0 radical (unpaired) electrons. The second-order valence-electron chi connectivity index (χ2n) is 7.63. The monoisotopic (exact) mass is 505 g/mol. The highest BCUT2D eigenvalue weighted by Crippen LogP contribution is 2.30. The summed E-state index contributed by atoms with van der Waals surface area (Å²) in [6.45, 7) is 3.55. The molecule has 0 aliphatic carbocycles. The lowest BCUT2D eigenvalue weighted by atomic mass is 9.99. The molecule has 0 saturated heterocycles. The number of carbonyl (C=O) groups excluding carboxylic acids is 1. The van der Waals surface area contributed by atoms with Gasteiger partial charge in [0, 0.05) is 19.2 Å². The number of hydrogen-bond acceptors (Lipinski definition) is 5. The molecule has 188 valence electrons. The fourth-order valence-corrected chi connectivity index (χ4v) is 3.38. The number of amides is 1. The van der Waals surface area contributed by atoms with E-state index in [2.05, 4.69) is 10.3 Å². The highest BCUT2D eigenvalue weighted by molar-refractivity contribution is 7.74. The molecule has 34 heavy (non-hydrogen) atoms. The molecule has 1 N–H and O–H groups in total. The molecule has 0 aliphatic rings. The number of unbranched alkanes of at least 4 members (excludes halogenated alkanes) is 2. The number of benzene rings is 1. The molecular weight excluding hydrogens is 478 g/mol. The van der Waals surface area contributed by atoms with Gasteiger partial charge in [-0.25, -0.2) is 17.8 Å². The average Bonchev–Trinajstić information content (AvgIpc) is 2.78. The summed E-state index contributed by atoms with van der Waals surface area (Å²) in [4.78, 5) is 16.2. The molecule has 0 spiro atoms. The molecule has 0 saturated carbocycles. The summed E-state index contributed by atoms with van der Waals surface area (Å²) >= 11 is 0. The molecule has 0 bridgehead atoms. The van der Waals surface area contributed by atoms with Gasteiger partial charge < -0.3 is 10.1 Å². The average molecular weight is 506 g/mol. The fraction of sp³-hybridized carbons (Fsp3) is 0.455. The minimum Gasteiger partial charge on any atom is -0.477 e. The minimum absolute atomic E-state index is 0.141. The van der Waals surface area contributed by atoms with Crippen LogP contribution in [0.4, 0.5) is 23.2 Å². The maximum Gasteiger partial charge on any atom is 0.433 e. The minimum atomic E-state index is -4.64. The Morgan fingerprint density at radius 2 is 1.91 bits per heavy atom. The molecule has 0 fully saturated rings. The summed E-state index contributed by atoms with van der Waals surface area (Å²) in [6.07, 6.45) is -2.23. The quantitative estimate of drug-likeness (QED) is 0.272. The number of rotatable bonds is 11. The number of carbonyl (C=O) groups is 1. The number of nitrogens with zero attached hydrogens (tertiary/aromatic N) is 2. The Morgan fingerprint density at radius 3 is 2.50 bits per heavy atom. The van der Waals surface area contributed by atoms with Crippen molar-refractivity contribution in [2.24, 2.45) is 0 Å². The topological polar surface area (TPSA) is 88.6 Å². The number of ether oxygens (including phenoxy) is 1. The number of nitrogens with one attached hydrogen (secondary N) is 1.